The van der Waals surface area contributed by atoms with Gasteiger partial charge in [-0.3, -0.25) is 4.98 Å². The minimum Gasteiger partial charge on any atom is -0.394 e. The van der Waals surface area contributed by atoms with Gasteiger partial charge in [0.25, 0.3) is 0 Å². The summed E-state index contributed by atoms with van der Waals surface area (Å²) in [6, 6.07) is 4.23. The first kappa shape index (κ1) is 23.0. The van der Waals surface area contributed by atoms with Crippen molar-refractivity contribution in [3.63, 3.8) is 0 Å². The fourth-order valence-electron chi connectivity index (χ4n) is 3.49. The molecule has 9 nitrogen and oxygen atoms in total. The van der Waals surface area contributed by atoms with E-state index in [0.717, 1.165) is 4.90 Å². The number of methoxy groups -OCH3 is 1. The minimum atomic E-state index is -1.14. The van der Waals surface area contributed by atoms with Crippen LogP contribution in [-0.4, -0.2) is 72.6 Å². The third kappa shape index (κ3) is 4.63. The van der Waals surface area contributed by atoms with Gasteiger partial charge in [0.05, 0.1) is 23.5 Å². The van der Waals surface area contributed by atoms with E-state index in [0.29, 0.717) is 22.0 Å². The van der Waals surface area contributed by atoms with Gasteiger partial charge in [-0.2, -0.15) is 4.39 Å². The lowest BCUT2D eigenvalue weighted by atomic mass is 9.97. The van der Waals surface area contributed by atoms with Crippen LogP contribution in [0.25, 0.3) is 11.4 Å². The van der Waals surface area contributed by atoms with E-state index < -0.39 is 42.3 Å². The Morgan fingerprint density at radius 3 is 2.81 bits per heavy atom. The summed E-state index contributed by atoms with van der Waals surface area (Å²) in [5.74, 6) is -0.593. The molecular weight excluding hydrogens is 461 g/mol. The summed E-state index contributed by atoms with van der Waals surface area (Å²) in [5, 5.41) is 29.4. The first-order valence-electron chi connectivity index (χ1n) is 9.71. The molecule has 0 aliphatic carbocycles. The van der Waals surface area contributed by atoms with E-state index in [-0.39, 0.29) is 0 Å². The summed E-state index contributed by atoms with van der Waals surface area (Å²) < 4.78 is 26.9. The Labute approximate surface area is 192 Å². The summed E-state index contributed by atoms with van der Waals surface area (Å²) in [5.41, 5.74) is 0.445. The monoisotopic (exact) mass is 481 g/mol. The minimum absolute atomic E-state index is 0.310. The van der Waals surface area contributed by atoms with Crippen molar-refractivity contribution in [2.24, 2.45) is 0 Å². The van der Waals surface area contributed by atoms with Crippen LogP contribution in [0.5, 0.6) is 0 Å². The smallest absolute Gasteiger partial charge is 0.216 e. The van der Waals surface area contributed by atoms with Gasteiger partial charge in [-0.05, 0) is 19.1 Å². The number of rotatable bonds is 6. The van der Waals surface area contributed by atoms with Crippen molar-refractivity contribution in [3.05, 3.63) is 53.3 Å². The molecule has 1 saturated heterocycles. The van der Waals surface area contributed by atoms with Crippen molar-refractivity contribution >= 4 is 23.4 Å². The second-order valence-corrected chi connectivity index (χ2v) is 8.86. The highest BCUT2D eigenvalue weighted by Gasteiger charge is 2.47. The third-order valence-corrected chi connectivity index (χ3v) is 6.46. The summed E-state index contributed by atoms with van der Waals surface area (Å²) >= 11 is 7.33. The van der Waals surface area contributed by atoms with Gasteiger partial charge in [-0.15, -0.1) is 5.10 Å². The molecule has 0 spiro atoms. The van der Waals surface area contributed by atoms with Crippen LogP contribution in [0.3, 0.4) is 0 Å². The SMILES string of the molecule is COC1C(n2cc(-c3ccc(C)c(F)n3)nn2)[C@@H](O)C(CO)O[C@@H]1Sc1cncc(Cl)c1. The quantitative estimate of drug-likeness (QED) is 0.511. The van der Waals surface area contributed by atoms with Crippen molar-refractivity contribution in [1.29, 1.82) is 0 Å². The topological polar surface area (TPSA) is 115 Å². The lowest BCUT2D eigenvalue weighted by Gasteiger charge is -2.43. The summed E-state index contributed by atoms with van der Waals surface area (Å²) in [6.45, 7) is 1.21. The standard InChI is InChI=1S/C20H21ClFN5O4S/c1-10-3-4-13(24-19(10)22)14-8-27(26-25-14)16-17(29)15(9-28)31-20(18(16)30-2)32-12-5-11(21)6-23-7-12/h3-8,15-18,20,28-29H,9H2,1-2H3/t15?,16?,17-,18?,20+/m0/s1. The molecule has 1 aliphatic rings. The molecule has 2 N–H and O–H groups in total. The van der Waals surface area contributed by atoms with Gasteiger partial charge < -0.3 is 19.7 Å². The van der Waals surface area contributed by atoms with Gasteiger partial charge in [0.2, 0.25) is 5.95 Å². The molecule has 0 aromatic carbocycles. The molecule has 0 amide bonds. The summed E-state index contributed by atoms with van der Waals surface area (Å²) in [4.78, 5) is 8.71. The van der Waals surface area contributed by atoms with E-state index in [2.05, 4.69) is 20.3 Å². The Bertz CT molecular complexity index is 1090. The van der Waals surface area contributed by atoms with Crippen molar-refractivity contribution in [2.45, 2.75) is 41.6 Å². The molecule has 1 aliphatic heterocycles. The zero-order valence-electron chi connectivity index (χ0n) is 17.2. The molecular formula is C20H21ClFN5O4S. The highest BCUT2D eigenvalue weighted by atomic mass is 35.5. The maximum atomic E-state index is 13.9. The van der Waals surface area contributed by atoms with Crippen LogP contribution in [0.4, 0.5) is 4.39 Å². The average Bonchev–Trinajstić information content (AvgIpc) is 3.26. The fraction of sp³-hybridized carbons (Fsp3) is 0.400. The van der Waals surface area contributed by atoms with Gasteiger partial charge in [-0.1, -0.05) is 34.6 Å². The Balaban J connectivity index is 1.66. The zero-order valence-corrected chi connectivity index (χ0v) is 18.7. The number of aromatic nitrogens is 5. The second-order valence-electron chi connectivity index (χ2n) is 7.25. The molecule has 32 heavy (non-hydrogen) atoms. The number of halogens is 2. The van der Waals surface area contributed by atoms with Crippen LogP contribution in [0, 0.1) is 12.9 Å². The number of hydrogen-bond donors (Lipinski definition) is 2. The second kappa shape index (κ2) is 9.77. The lowest BCUT2D eigenvalue weighted by molar-refractivity contribution is -0.186. The highest BCUT2D eigenvalue weighted by molar-refractivity contribution is 7.99. The summed E-state index contributed by atoms with van der Waals surface area (Å²) in [6.07, 6.45) is 2.00. The lowest BCUT2D eigenvalue weighted by Crippen LogP contribution is -2.55. The van der Waals surface area contributed by atoms with Crippen LogP contribution in [0.15, 0.2) is 41.7 Å². The number of pyridine rings is 2. The van der Waals surface area contributed by atoms with Crippen molar-refractivity contribution in [2.75, 3.05) is 13.7 Å². The zero-order chi connectivity index (χ0) is 22.8. The van der Waals surface area contributed by atoms with Crippen molar-refractivity contribution in [3.8, 4) is 11.4 Å². The van der Waals surface area contributed by atoms with Crippen LogP contribution in [0.1, 0.15) is 11.6 Å². The molecule has 4 heterocycles. The van der Waals surface area contributed by atoms with Gasteiger partial charge in [0, 0.05) is 30.0 Å². The molecule has 12 heteroatoms. The van der Waals surface area contributed by atoms with E-state index in [1.54, 1.807) is 37.5 Å². The molecule has 3 aromatic rings. The molecule has 1 fully saturated rings. The van der Waals surface area contributed by atoms with Gasteiger partial charge in [0.1, 0.15) is 35.5 Å². The van der Waals surface area contributed by atoms with E-state index in [4.69, 9.17) is 21.1 Å². The predicted octanol–water partition coefficient (Wildman–Crippen LogP) is 2.26. The predicted molar refractivity (Wildman–Crippen MR) is 115 cm³/mol. The Hall–Kier alpha value is -2.15. The van der Waals surface area contributed by atoms with Crippen LogP contribution < -0.4 is 0 Å². The van der Waals surface area contributed by atoms with Crippen LogP contribution in [-0.2, 0) is 9.47 Å². The molecule has 5 atom stereocenters. The molecule has 3 aromatic heterocycles. The highest BCUT2D eigenvalue weighted by Crippen LogP contribution is 2.39. The molecule has 0 radical (unpaired) electrons. The number of hydrogen-bond acceptors (Lipinski definition) is 9. The third-order valence-electron chi connectivity index (χ3n) is 5.14. The van der Waals surface area contributed by atoms with E-state index in [9.17, 15) is 14.6 Å². The van der Waals surface area contributed by atoms with E-state index >= 15 is 0 Å². The number of aryl methyl sites for hydroxylation is 1. The fourth-order valence-corrected chi connectivity index (χ4v) is 4.91. The summed E-state index contributed by atoms with van der Waals surface area (Å²) in [7, 11) is 1.49. The van der Waals surface area contributed by atoms with Crippen molar-refractivity contribution < 1.29 is 24.1 Å². The molecule has 3 unspecified atom stereocenters. The normalized spacial score (nSPS) is 25.8. The number of aliphatic hydroxyl groups excluding tert-OH is 2. The number of nitrogens with zero attached hydrogens (tertiary/aromatic N) is 5. The number of aliphatic hydroxyl groups is 2. The maximum absolute atomic E-state index is 13.9. The van der Waals surface area contributed by atoms with Crippen LogP contribution >= 0.6 is 23.4 Å². The van der Waals surface area contributed by atoms with E-state index in [1.165, 1.54) is 29.8 Å². The largest absolute Gasteiger partial charge is 0.394 e. The average molecular weight is 482 g/mol. The first-order valence-corrected chi connectivity index (χ1v) is 11.0. The maximum Gasteiger partial charge on any atom is 0.216 e. The molecule has 0 bridgehead atoms. The van der Waals surface area contributed by atoms with Crippen LogP contribution in [0.2, 0.25) is 5.02 Å². The Morgan fingerprint density at radius 1 is 1.31 bits per heavy atom. The number of thioether (sulfide) groups is 1. The van der Waals surface area contributed by atoms with E-state index in [1.807, 2.05) is 0 Å². The number of ether oxygens (including phenoxy) is 2. The first-order chi connectivity index (χ1) is 15.4. The molecule has 4 rings (SSSR count). The van der Waals surface area contributed by atoms with Gasteiger partial charge in [0.15, 0.2) is 0 Å². The van der Waals surface area contributed by atoms with Gasteiger partial charge in [-0.25, -0.2) is 9.67 Å². The Kier molecular flexibility index (Phi) is 7.03. The molecule has 0 saturated carbocycles. The Morgan fingerprint density at radius 2 is 2.12 bits per heavy atom. The van der Waals surface area contributed by atoms with Gasteiger partial charge >= 0.3 is 0 Å². The molecule has 170 valence electrons. The van der Waals surface area contributed by atoms with Crippen molar-refractivity contribution in [1.82, 2.24) is 25.0 Å².